The molecular weight excluding hydrogens is 152 g/mol. The minimum atomic E-state index is 0.133. The van der Waals surface area contributed by atoms with Crippen LogP contribution in [0.4, 0.5) is 0 Å². The topological polar surface area (TPSA) is 72.3 Å². The summed E-state index contributed by atoms with van der Waals surface area (Å²) in [7, 11) is 0. The van der Waals surface area contributed by atoms with E-state index in [1.807, 2.05) is 0 Å². The van der Waals surface area contributed by atoms with Gasteiger partial charge in [-0.2, -0.15) is 0 Å². The molecule has 1 aromatic rings. The summed E-state index contributed by atoms with van der Waals surface area (Å²) < 4.78 is 0. The summed E-state index contributed by atoms with van der Waals surface area (Å²) in [6.07, 6.45) is 0. The summed E-state index contributed by atoms with van der Waals surface area (Å²) in [4.78, 5) is 0. The van der Waals surface area contributed by atoms with E-state index < -0.39 is 0 Å². The zero-order valence-corrected chi connectivity index (χ0v) is 6.05. The van der Waals surface area contributed by atoms with Gasteiger partial charge in [0, 0.05) is 0 Å². The largest absolute Gasteiger partial charge is 0.506 e. The second kappa shape index (κ2) is 5.05. The van der Waals surface area contributed by atoms with E-state index in [1.54, 1.807) is 24.3 Å². The Labute approximate surface area is 64.2 Å². The van der Waals surface area contributed by atoms with Gasteiger partial charge < -0.3 is 5.11 Å². The van der Waals surface area contributed by atoms with E-state index in [4.69, 9.17) is 16.7 Å². The van der Waals surface area contributed by atoms with Crippen LogP contribution in [0.1, 0.15) is 0 Å². The molecule has 10 heavy (non-hydrogen) atoms. The van der Waals surface area contributed by atoms with Crippen LogP contribution in [0.15, 0.2) is 24.3 Å². The fourth-order valence-electron chi connectivity index (χ4n) is 0.452. The maximum Gasteiger partial charge on any atom is 0.134 e. The molecule has 0 heterocycles. The third-order valence-corrected chi connectivity index (χ3v) is 1.17. The molecule has 0 aliphatic rings. The van der Waals surface area contributed by atoms with Crippen LogP contribution in [0.25, 0.3) is 0 Å². The zero-order chi connectivity index (χ0) is 7.98. The number of benzene rings is 1. The highest BCUT2D eigenvalue weighted by molar-refractivity contribution is 6.31. The van der Waals surface area contributed by atoms with Gasteiger partial charge >= 0.3 is 0 Å². The van der Waals surface area contributed by atoms with E-state index >= 15 is 0 Å². The molecule has 0 atom stereocenters. The lowest BCUT2D eigenvalue weighted by molar-refractivity contribution is 0.475. The molecule has 0 bridgehead atoms. The first-order valence-corrected chi connectivity index (χ1v) is 2.95. The Morgan fingerprint density at radius 3 is 2.00 bits per heavy atom. The summed E-state index contributed by atoms with van der Waals surface area (Å²) in [6.45, 7) is 0. The van der Waals surface area contributed by atoms with Crippen molar-refractivity contribution in [2.45, 2.75) is 0 Å². The van der Waals surface area contributed by atoms with Gasteiger partial charge in [-0.3, -0.25) is 11.7 Å². The van der Waals surface area contributed by atoms with Gasteiger partial charge in [-0.1, -0.05) is 23.7 Å². The molecule has 3 nitrogen and oxygen atoms in total. The Balaban J connectivity index is 0.000000371. The molecule has 0 radical (unpaired) electrons. The van der Waals surface area contributed by atoms with Crippen LogP contribution in [0.2, 0.25) is 5.02 Å². The van der Waals surface area contributed by atoms with Crippen LogP contribution in [0, 0.1) is 0 Å². The van der Waals surface area contributed by atoms with Crippen LogP contribution in [0.5, 0.6) is 5.75 Å². The predicted octanol–water partition coefficient (Wildman–Crippen LogP) is 0.864. The number of phenols is 1. The van der Waals surface area contributed by atoms with E-state index in [0.717, 1.165) is 0 Å². The Morgan fingerprint density at radius 1 is 1.20 bits per heavy atom. The minimum absolute atomic E-state index is 0.133. The molecule has 0 amide bonds. The number of nitrogens with two attached hydrogens (primary N) is 2. The Hall–Kier alpha value is -0.770. The second-order valence-electron chi connectivity index (χ2n) is 1.45. The van der Waals surface area contributed by atoms with Crippen molar-refractivity contribution in [2.75, 3.05) is 0 Å². The zero-order valence-electron chi connectivity index (χ0n) is 5.29. The molecule has 0 fully saturated rings. The van der Waals surface area contributed by atoms with Crippen molar-refractivity contribution < 1.29 is 5.11 Å². The first-order valence-electron chi connectivity index (χ1n) is 2.57. The molecule has 1 rings (SSSR count). The van der Waals surface area contributed by atoms with E-state index in [-0.39, 0.29) is 5.75 Å². The highest BCUT2D eigenvalue weighted by Gasteiger charge is 1.89. The lowest BCUT2D eigenvalue weighted by Crippen LogP contribution is -2.02. The van der Waals surface area contributed by atoms with Gasteiger partial charge in [-0.25, -0.2) is 0 Å². The highest BCUT2D eigenvalue weighted by Crippen LogP contribution is 2.20. The summed E-state index contributed by atoms with van der Waals surface area (Å²) in [5, 5.41) is 9.18. The predicted molar refractivity (Wildman–Crippen MR) is 41.5 cm³/mol. The summed E-state index contributed by atoms with van der Waals surface area (Å²) >= 11 is 5.46. The fourth-order valence-corrected chi connectivity index (χ4v) is 0.587. The first-order chi connectivity index (χ1) is 4.80. The molecule has 4 heteroatoms. The average molecular weight is 161 g/mol. The minimum Gasteiger partial charge on any atom is -0.506 e. The van der Waals surface area contributed by atoms with Crippen molar-refractivity contribution in [1.82, 2.24) is 0 Å². The molecule has 0 spiro atoms. The number of hydrogen-bond donors (Lipinski definition) is 3. The maximum atomic E-state index is 8.79. The molecule has 0 aromatic heterocycles. The van der Waals surface area contributed by atoms with Gasteiger partial charge in [0.25, 0.3) is 0 Å². The van der Waals surface area contributed by atoms with Crippen molar-refractivity contribution in [1.29, 1.82) is 0 Å². The molecule has 0 aliphatic carbocycles. The smallest absolute Gasteiger partial charge is 0.134 e. The first kappa shape index (κ1) is 9.23. The number of para-hydroxylation sites is 1. The molecule has 5 N–H and O–H groups in total. The molecule has 0 aliphatic heterocycles. The van der Waals surface area contributed by atoms with Gasteiger partial charge in [0.2, 0.25) is 0 Å². The Bertz CT molecular complexity index is 172. The molecule has 1 aromatic carbocycles. The van der Waals surface area contributed by atoms with Crippen molar-refractivity contribution in [3.8, 4) is 5.75 Å². The van der Waals surface area contributed by atoms with Crippen molar-refractivity contribution in [2.24, 2.45) is 11.7 Å². The lowest BCUT2D eigenvalue weighted by Gasteiger charge is -1.89. The lowest BCUT2D eigenvalue weighted by atomic mass is 10.3. The van der Waals surface area contributed by atoms with E-state index in [1.165, 1.54) is 0 Å². The van der Waals surface area contributed by atoms with Crippen molar-refractivity contribution in [3.05, 3.63) is 29.3 Å². The Kier molecular flexibility index (Phi) is 4.66. The van der Waals surface area contributed by atoms with Crippen LogP contribution < -0.4 is 11.7 Å². The van der Waals surface area contributed by atoms with Gasteiger partial charge in [0.1, 0.15) is 5.75 Å². The molecule has 0 saturated carbocycles. The summed E-state index contributed by atoms with van der Waals surface area (Å²) in [5.41, 5.74) is 0. The quantitative estimate of drug-likeness (QED) is 0.390. The van der Waals surface area contributed by atoms with Crippen molar-refractivity contribution in [3.63, 3.8) is 0 Å². The van der Waals surface area contributed by atoms with E-state index in [0.29, 0.717) is 5.02 Å². The van der Waals surface area contributed by atoms with Crippen molar-refractivity contribution >= 4 is 11.6 Å². The second-order valence-corrected chi connectivity index (χ2v) is 1.86. The van der Waals surface area contributed by atoms with Gasteiger partial charge in [-0.05, 0) is 12.1 Å². The molecule has 56 valence electrons. The fraction of sp³-hybridized carbons (Fsp3) is 0. The monoisotopic (exact) mass is 160 g/mol. The number of aromatic hydroxyl groups is 1. The number of phenolic OH excluding ortho intramolecular Hbond substituents is 1. The SMILES string of the molecule is NN.Oc1ccccc1Cl. The summed E-state index contributed by atoms with van der Waals surface area (Å²) in [5.74, 6) is 8.13. The number of hydrogen-bond acceptors (Lipinski definition) is 3. The van der Waals surface area contributed by atoms with Crippen LogP contribution in [-0.2, 0) is 0 Å². The van der Waals surface area contributed by atoms with Gasteiger partial charge in [0.05, 0.1) is 5.02 Å². The van der Waals surface area contributed by atoms with Gasteiger partial charge in [0.15, 0.2) is 0 Å². The van der Waals surface area contributed by atoms with Gasteiger partial charge in [-0.15, -0.1) is 0 Å². The molecule has 0 saturated heterocycles. The van der Waals surface area contributed by atoms with E-state index in [2.05, 4.69) is 11.7 Å². The summed E-state index contributed by atoms with van der Waals surface area (Å²) in [6, 6.07) is 6.67. The Morgan fingerprint density at radius 2 is 1.70 bits per heavy atom. The number of hydrazine groups is 1. The van der Waals surface area contributed by atoms with Crippen LogP contribution >= 0.6 is 11.6 Å². The standard InChI is InChI=1S/C6H5ClO.H4N2/c7-5-3-1-2-4-6(5)8;1-2/h1-4,8H;1-2H2. The third-order valence-electron chi connectivity index (χ3n) is 0.852. The van der Waals surface area contributed by atoms with E-state index in [9.17, 15) is 0 Å². The number of halogens is 1. The van der Waals surface area contributed by atoms with Crippen LogP contribution in [0.3, 0.4) is 0 Å². The third kappa shape index (κ3) is 2.68. The molecular formula is C6H9ClN2O. The average Bonchev–Trinajstić information content (AvgIpc) is 2.00. The molecule has 0 unspecified atom stereocenters. The highest BCUT2D eigenvalue weighted by atomic mass is 35.5. The maximum absolute atomic E-state index is 8.79. The number of rotatable bonds is 0. The normalized spacial score (nSPS) is 7.90. The van der Waals surface area contributed by atoms with Crippen LogP contribution in [-0.4, -0.2) is 5.11 Å².